The van der Waals surface area contributed by atoms with Gasteiger partial charge in [0, 0.05) is 9.64 Å². The molecule has 96 valence electrons. The van der Waals surface area contributed by atoms with E-state index in [2.05, 4.69) is 48.5 Å². The Morgan fingerprint density at radius 3 is 2.84 bits per heavy atom. The lowest BCUT2D eigenvalue weighted by Crippen LogP contribution is -1.83. The number of phenolic OH excluding ortho intramolecular Hbond substituents is 1. The van der Waals surface area contributed by atoms with Gasteiger partial charge >= 0.3 is 0 Å². The fraction of sp³-hybridized carbons (Fsp3) is 0. The van der Waals surface area contributed by atoms with Crippen molar-refractivity contribution in [3.8, 4) is 17.1 Å². The van der Waals surface area contributed by atoms with Crippen LogP contribution in [0.15, 0.2) is 34.8 Å². The Morgan fingerprint density at radius 2 is 2.05 bits per heavy atom. The van der Waals surface area contributed by atoms with Gasteiger partial charge in [-0.15, -0.1) is 0 Å². The summed E-state index contributed by atoms with van der Waals surface area (Å²) in [5, 5.41) is 9.88. The normalized spacial score (nSPS) is 11.1. The Labute approximate surface area is 130 Å². The predicted octanol–water partition coefficient (Wildman–Crippen LogP) is 4.44. The monoisotopic (exact) mass is 432 g/mol. The second kappa shape index (κ2) is 4.75. The molecular weight excluding hydrogens is 426 g/mol. The first-order valence-electron chi connectivity index (χ1n) is 5.38. The molecule has 3 rings (SSSR count). The fourth-order valence-corrected chi connectivity index (χ4v) is 2.65. The number of nitrogens with zero attached hydrogens (tertiary/aromatic N) is 1. The second-order valence-electron chi connectivity index (χ2n) is 4.03. The Kier molecular flexibility index (Phi) is 3.22. The van der Waals surface area contributed by atoms with Crippen molar-refractivity contribution in [3.63, 3.8) is 0 Å². The highest BCUT2D eigenvalue weighted by atomic mass is 127. The summed E-state index contributed by atoms with van der Waals surface area (Å²) in [4.78, 5) is 7.38. The molecule has 2 aromatic carbocycles. The van der Waals surface area contributed by atoms with Crippen LogP contribution in [0.5, 0.6) is 5.75 Å². The SMILES string of the molecule is Oc1ccc(I)cc1-c1nc2cc(Br)c(F)cc2[nH]1. The van der Waals surface area contributed by atoms with Crippen LogP contribution in [0.4, 0.5) is 4.39 Å². The zero-order valence-electron chi connectivity index (χ0n) is 9.42. The number of hydrogen-bond acceptors (Lipinski definition) is 2. The number of fused-ring (bicyclic) bond motifs is 1. The van der Waals surface area contributed by atoms with Crippen molar-refractivity contribution in [2.75, 3.05) is 0 Å². The van der Waals surface area contributed by atoms with E-state index >= 15 is 0 Å². The number of phenols is 1. The fourth-order valence-electron chi connectivity index (χ4n) is 1.83. The minimum atomic E-state index is -0.352. The van der Waals surface area contributed by atoms with E-state index in [1.54, 1.807) is 18.2 Å². The molecule has 0 spiro atoms. The second-order valence-corrected chi connectivity index (χ2v) is 6.13. The maximum atomic E-state index is 13.5. The van der Waals surface area contributed by atoms with Crippen LogP contribution >= 0.6 is 38.5 Å². The summed E-state index contributed by atoms with van der Waals surface area (Å²) in [7, 11) is 0. The summed E-state index contributed by atoms with van der Waals surface area (Å²) in [6.07, 6.45) is 0. The summed E-state index contributed by atoms with van der Waals surface area (Å²) < 4.78 is 14.8. The Bertz CT molecular complexity index is 749. The highest BCUT2D eigenvalue weighted by Gasteiger charge is 2.12. The van der Waals surface area contributed by atoms with Crippen LogP contribution in [-0.4, -0.2) is 15.1 Å². The number of nitrogens with one attached hydrogen (secondary N) is 1. The van der Waals surface area contributed by atoms with E-state index in [1.807, 2.05) is 6.07 Å². The van der Waals surface area contributed by atoms with Crippen molar-refractivity contribution < 1.29 is 9.50 Å². The smallest absolute Gasteiger partial charge is 0.142 e. The number of aromatic nitrogens is 2. The van der Waals surface area contributed by atoms with E-state index in [-0.39, 0.29) is 11.6 Å². The van der Waals surface area contributed by atoms with Gasteiger partial charge in [-0.1, -0.05) is 0 Å². The van der Waals surface area contributed by atoms with Gasteiger partial charge in [-0.25, -0.2) is 9.37 Å². The molecule has 0 saturated heterocycles. The first-order chi connectivity index (χ1) is 9.04. The van der Waals surface area contributed by atoms with Gasteiger partial charge in [0.05, 0.1) is 21.1 Å². The lowest BCUT2D eigenvalue weighted by molar-refractivity contribution is 0.477. The Balaban J connectivity index is 2.23. The molecule has 1 aromatic heterocycles. The molecule has 0 fully saturated rings. The van der Waals surface area contributed by atoms with Crippen LogP contribution in [0.3, 0.4) is 0 Å². The average molecular weight is 433 g/mol. The van der Waals surface area contributed by atoms with E-state index in [4.69, 9.17) is 0 Å². The average Bonchev–Trinajstić information content (AvgIpc) is 2.75. The predicted molar refractivity (Wildman–Crippen MR) is 83.6 cm³/mol. The van der Waals surface area contributed by atoms with Crippen molar-refractivity contribution >= 4 is 49.6 Å². The molecule has 3 nitrogen and oxygen atoms in total. The van der Waals surface area contributed by atoms with Gasteiger partial charge < -0.3 is 10.1 Å². The highest BCUT2D eigenvalue weighted by molar-refractivity contribution is 14.1. The van der Waals surface area contributed by atoms with Crippen LogP contribution < -0.4 is 0 Å². The maximum absolute atomic E-state index is 13.5. The number of halogens is 3. The molecular formula is C13H7BrFIN2O. The zero-order chi connectivity index (χ0) is 13.6. The van der Waals surface area contributed by atoms with E-state index < -0.39 is 0 Å². The van der Waals surface area contributed by atoms with Gasteiger partial charge in [-0.05, 0) is 62.8 Å². The topological polar surface area (TPSA) is 48.9 Å². The number of H-pyrrole nitrogens is 1. The highest BCUT2D eigenvalue weighted by Crippen LogP contribution is 2.31. The molecule has 0 bridgehead atoms. The zero-order valence-corrected chi connectivity index (χ0v) is 13.2. The summed E-state index contributed by atoms with van der Waals surface area (Å²) in [5.41, 5.74) is 1.83. The van der Waals surface area contributed by atoms with Crippen LogP contribution in [0.25, 0.3) is 22.4 Å². The lowest BCUT2D eigenvalue weighted by Gasteiger charge is -2.01. The van der Waals surface area contributed by atoms with Gasteiger partial charge in [0.1, 0.15) is 17.4 Å². The Hall–Kier alpha value is -1.15. The molecule has 6 heteroatoms. The first kappa shape index (κ1) is 12.9. The van der Waals surface area contributed by atoms with E-state index in [0.717, 1.165) is 3.57 Å². The minimum absolute atomic E-state index is 0.138. The van der Waals surface area contributed by atoms with Gasteiger partial charge in [0.25, 0.3) is 0 Å². The molecule has 0 atom stereocenters. The van der Waals surface area contributed by atoms with Crippen molar-refractivity contribution in [1.82, 2.24) is 9.97 Å². The third-order valence-corrected chi connectivity index (χ3v) is 4.02. The van der Waals surface area contributed by atoms with E-state index in [9.17, 15) is 9.50 Å². The molecule has 0 saturated carbocycles. The van der Waals surface area contributed by atoms with E-state index in [0.29, 0.717) is 26.9 Å². The minimum Gasteiger partial charge on any atom is -0.507 e. The van der Waals surface area contributed by atoms with Crippen molar-refractivity contribution in [3.05, 3.63) is 44.2 Å². The standard InChI is InChI=1S/C13H7BrFIN2O/c14-8-4-10-11(5-9(8)15)18-13(17-10)7-3-6(16)1-2-12(7)19/h1-5,19H,(H,17,18). The summed E-state index contributed by atoms with van der Waals surface area (Å²) in [5.74, 6) is 0.303. The summed E-state index contributed by atoms with van der Waals surface area (Å²) in [6.45, 7) is 0. The van der Waals surface area contributed by atoms with Gasteiger partial charge in [-0.2, -0.15) is 0 Å². The number of rotatable bonds is 1. The molecule has 19 heavy (non-hydrogen) atoms. The third kappa shape index (κ3) is 2.34. The molecule has 3 aromatic rings. The molecule has 0 unspecified atom stereocenters. The number of imidazole rings is 1. The molecule has 0 radical (unpaired) electrons. The van der Waals surface area contributed by atoms with Crippen LogP contribution in [-0.2, 0) is 0 Å². The number of benzene rings is 2. The number of hydrogen-bond donors (Lipinski definition) is 2. The molecule has 0 aliphatic carbocycles. The molecule has 0 aliphatic heterocycles. The first-order valence-corrected chi connectivity index (χ1v) is 7.25. The number of aromatic amines is 1. The van der Waals surface area contributed by atoms with Crippen LogP contribution in [0, 0.1) is 9.39 Å². The maximum Gasteiger partial charge on any atom is 0.142 e. The van der Waals surface area contributed by atoms with Gasteiger partial charge in [-0.3, -0.25) is 0 Å². The Morgan fingerprint density at radius 1 is 1.26 bits per heavy atom. The van der Waals surface area contributed by atoms with Crippen molar-refractivity contribution in [1.29, 1.82) is 0 Å². The molecule has 0 amide bonds. The van der Waals surface area contributed by atoms with Gasteiger partial charge in [0.2, 0.25) is 0 Å². The van der Waals surface area contributed by atoms with Crippen molar-refractivity contribution in [2.45, 2.75) is 0 Å². The quantitative estimate of drug-likeness (QED) is 0.558. The lowest BCUT2D eigenvalue weighted by atomic mass is 10.2. The molecule has 2 N–H and O–H groups in total. The van der Waals surface area contributed by atoms with Crippen LogP contribution in [0.1, 0.15) is 0 Å². The third-order valence-electron chi connectivity index (χ3n) is 2.74. The summed E-state index contributed by atoms with van der Waals surface area (Å²) >= 11 is 5.29. The molecule has 0 aliphatic rings. The molecule has 1 heterocycles. The summed E-state index contributed by atoms with van der Waals surface area (Å²) in [6, 6.07) is 8.22. The van der Waals surface area contributed by atoms with Gasteiger partial charge in [0.15, 0.2) is 0 Å². The van der Waals surface area contributed by atoms with Crippen LogP contribution in [0.2, 0.25) is 0 Å². The largest absolute Gasteiger partial charge is 0.507 e. The van der Waals surface area contributed by atoms with E-state index in [1.165, 1.54) is 6.07 Å². The number of aromatic hydroxyl groups is 1. The van der Waals surface area contributed by atoms with Crippen molar-refractivity contribution in [2.24, 2.45) is 0 Å².